The molecule has 2 heterocycles. The summed E-state index contributed by atoms with van der Waals surface area (Å²) in [7, 11) is 0. The zero-order chi connectivity index (χ0) is 44.2. The highest BCUT2D eigenvalue weighted by molar-refractivity contribution is 5.97. The summed E-state index contributed by atoms with van der Waals surface area (Å²) in [6, 6.07) is 0.545. The van der Waals surface area contributed by atoms with Crippen LogP contribution in [-0.2, 0) is 34.0 Å². The number of nitrogens with two attached hydrogens (primary N) is 3. The number of hydrogen-bond donors (Lipinski definition) is 8. The average Bonchev–Trinajstić information content (AvgIpc) is 3.71. The molecule has 21 heteroatoms. The number of carboxylic acid groups (broad SMARTS) is 1. The highest BCUT2D eigenvalue weighted by atomic mass is 16.5. The van der Waals surface area contributed by atoms with Crippen LogP contribution in [0, 0.1) is 5.21 Å². The van der Waals surface area contributed by atoms with Crippen molar-refractivity contribution in [1.29, 1.82) is 0 Å². The number of guanidine groups is 1. The Morgan fingerprint density at radius 1 is 0.932 bits per heavy atom. The van der Waals surface area contributed by atoms with Gasteiger partial charge in [-0.25, -0.2) is 4.79 Å². The van der Waals surface area contributed by atoms with Gasteiger partial charge in [0.15, 0.2) is 18.1 Å². The normalized spacial score (nSPS) is 18.9. The van der Waals surface area contributed by atoms with Gasteiger partial charge in [0.05, 0.1) is 5.56 Å². The van der Waals surface area contributed by atoms with Crippen molar-refractivity contribution in [3.8, 4) is 5.75 Å². The molecule has 1 aromatic carbocycles. The van der Waals surface area contributed by atoms with Crippen molar-refractivity contribution < 1.29 is 48.6 Å². The lowest BCUT2D eigenvalue weighted by molar-refractivity contribution is -0.539. The first-order valence-corrected chi connectivity index (χ1v) is 19.7. The van der Waals surface area contributed by atoms with E-state index in [2.05, 4.69) is 26.3 Å². The lowest BCUT2D eigenvalue weighted by Crippen LogP contribution is -2.58. The number of rotatable bonds is 21. The van der Waals surface area contributed by atoms with Gasteiger partial charge in [-0.1, -0.05) is 5.06 Å². The monoisotopic (exact) mass is 830 g/mol. The first-order chi connectivity index (χ1) is 27.6. The van der Waals surface area contributed by atoms with Crippen molar-refractivity contribution in [2.24, 2.45) is 22.2 Å². The maximum Gasteiger partial charge on any atom is 0.326 e. The van der Waals surface area contributed by atoms with Crippen LogP contribution in [0.4, 0.5) is 0 Å². The van der Waals surface area contributed by atoms with Gasteiger partial charge in [0.1, 0.15) is 41.5 Å². The molecule has 327 valence electrons. The van der Waals surface area contributed by atoms with Crippen LogP contribution in [0.25, 0.3) is 0 Å². The number of hydrogen-bond acceptors (Lipinski definition) is 11. The summed E-state index contributed by atoms with van der Waals surface area (Å²) in [6.45, 7) is 9.80. The van der Waals surface area contributed by atoms with Crippen LogP contribution in [-0.4, -0.2) is 135 Å². The number of amidine groups is 1. The molecule has 1 radical (unpaired) electrons. The fraction of sp³-hybridized carbons (Fsp3) is 0.632. The maximum atomic E-state index is 13.9. The Morgan fingerprint density at radius 3 is 2.08 bits per heavy atom. The fourth-order valence-corrected chi connectivity index (χ4v) is 6.52. The number of unbranched alkanes of at least 4 members (excludes halogenated alkanes) is 1. The molecule has 1 aromatic rings. The van der Waals surface area contributed by atoms with Gasteiger partial charge in [-0.2, -0.15) is 0 Å². The van der Waals surface area contributed by atoms with E-state index in [0.29, 0.717) is 41.2 Å². The Balaban J connectivity index is 1.61. The number of carboxylic acids is 1. The zero-order valence-corrected chi connectivity index (χ0v) is 34.6. The first kappa shape index (κ1) is 47.7. The molecule has 59 heavy (non-hydrogen) atoms. The average molecular weight is 831 g/mol. The minimum atomic E-state index is -1.22. The molecule has 21 nitrogen and oxygen atoms in total. The smallest absolute Gasteiger partial charge is 0.326 e. The molecule has 2 aliphatic rings. The van der Waals surface area contributed by atoms with Crippen LogP contribution in [0.1, 0.15) is 92.1 Å². The zero-order valence-electron chi connectivity index (χ0n) is 34.6. The second-order valence-corrected chi connectivity index (χ2v) is 15.7. The summed E-state index contributed by atoms with van der Waals surface area (Å²) in [4.78, 5) is 83.2. The van der Waals surface area contributed by atoms with E-state index in [1.165, 1.54) is 43.0 Å². The summed E-state index contributed by atoms with van der Waals surface area (Å²) in [5, 5.41) is 46.4. The summed E-state index contributed by atoms with van der Waals surface area (Å²) >= 11 is 0. The van der Waals surface area contributed by atoms with Crippen molar-refractivity contribution in [3.63, 3.8) is 0 Å². The summed E-state index contributed by atoms with van der Waals surface area (Å²) < 4.78 is 6.27. The van der Waals surface area contributed by atoms with Crippen LogP contribution < -0.4 is 43.2 Å². The molecule has 0 unspecified atom stereocenters. The van der Waals surface area contributed by atoms with Gasteiger partial charge in [-0.05, 0) is 117 Å². The quantitative estimate of drug-likeness (QED) is 0.0237. The van der Waals surface area contributed by atoms with E-state index in [-0.39, 0.29) is 56.3 Å². The van der Waals surface area contributed by atoms with Crippen LogP contribution in [0.3, 0.4) is 0 Å². The summed E-state index contributed by atoms with van der Waals surface area (Å²) in [5.74, 6) is -4.41. The van der Waals surface area contributed by atoms with E-state index in [1.54, 1.807) is 27.7 Å². The Labute approximate surface area is 343 Å². The van der Waals surface area contributed by atoms with E-state index in [4.69, 9.17) is 21.9 Å². The standard InChI is InChI=1S/C38H60N11O10/c1-22(43-29(50)21-59-25-16-14-24(15-17-25)33-48(57)37(3,4)38(5,6)49(33)58)30(51)45-26(12-9-19-42-36(40)41)34(54)47-20-10-13-28(47)32(53)44-23(2)31(52)46-27(35(55)56)11-7-8-18-39/h14-17,22-23,26-28H,7-13,18-21,39H2,1-6H3,(H,43,50)(H,44,53)(H,45,51)(H,46,52)(H,55,56)(H4,40,41,42)/t22-,23-,26-,27-,28-/m0/s1. The van der Waals surface area contributed by atoms with Crippen molar-refractivity contribution in [2.45, 2.75) is 128 Å². The van der Waals surface area contributed by atoms with E-state index in [0.717, 1.165) is 0 Å². The second kappa shape index (κ2) is 20.8. The highest BCUT2D eigenvalue weighted by Crippen LogP contribution is 2.37. The van der Waals surface area contributed by atoms with Crippen molar-refractivity contribution in [3.05, 3.63) is 35.0 Å². The number of amides is 5. The van der Waals surface area contributed by atoms with Gasteiger partial charge < -0.3 is 58.4 Å². The molecule has 0 spiro atoms. The highest BCUT2D eigenvalue weighted by Gasteiger charge is 2.60. The van der Waals surface area contributed by atoms with Crippen molar-refractivity contribution in [1.82, 2.24) is 31.2 Å². The van der Waals surface area contributed by atoms with E-state index < -0.39 is 83.4 Å². The Kier molecular flexibility index (Phi) is 16.8. The molecule has 1 saturated heterocycles. The van der Waals surface area contributed by atoms with Gasteiger partial charge in [-0.3, -0.25) is 33.7 Å². The van der Waals surface area contributed by atoms with Gasteiger partial charge in [0, 0.05) is 18.3 Å². The number of nitrogens with zero attached hydrogens (tertiary/aromatic N) is 4. The molecule has 0 aliphatic carbocycles. The molecular formula is C38H60N11O10. The van der Waals surface area contributed by atoms with Gasteiger partial charge in [0.2, 0.25) is 23.6 Å². The summed E-state index contributed by atoms with van der Waals surface area (Å²) in [5.41, 5.74) is 14.7. The third-order valence-corrected chi connectivity index (χ3v) is 10.9. The molecule has 2 aliphatic heterocycles. The minimum Gasteiger partial charge on any atom is -0.714 e. The SMILES string of the molecule is C[C@H](NC(=O)COc1ccc(C2=[N+]([O-])C(C)(C)C(C)(C)N2[O])cc1)C(=O)N[C@@H](CCCN=C(N)N)C(=O)N1CCC[C@H]1C(=O)N[C@@H](C)C(=O)N[C@@H](CCCCN)C(=O)O. The molecule has 0 saturated carbocycles. The van der Waals surface area contributed by atoms with Gasteiger partial charge >= 0.3 is 11.8 Å². The summed E-state index contributed by atoms with van der Waals surface area (Å²) in [6.07, 6.45) is 2.31. The van der Waals surface area contributed by atoms with Gasteiger partial charge in [-0.15, -0.1) is 0 Å². The van der Waals surface area contributed by atoms with Crippen LogP contribution >= 0.6 is 0 Å². The second-order valence-electron chi connectivity index (χ2n) is 15.7. The van der Waals surface area contributed by atoms with E-state index >= 15 is 0 Å². The molecule has 5 amide bonds. The fourth-order valence-electron chi connectivity index (χ4n) is 6.52. The number of ether oxygens (including phenoxy) is 1. The van der Waals surface area contributed by atoms with Crippen molar-refractivity contribution >= 4 is 47.3 Å². The number of likely N-dealkylation sites (tertiary alicyclic amines) is 1. The number of hydroxylamine groups is 3. The van der Waals surface area contributed by atoms with Crippen LogP contribution in [0.2, 0.25) is 0 Å². The third kappa shape index (κ3) is 12.2. The molecule has 3 rings (SSSR count). The van der Waals surface area contributed by atoms with E-state index in [9.17, 15) is 44.3 Å². The predicted octanol–water partition coefficient (Wildman–Crippen LogP) is -1.22. The molecule has 11 N–H and O–H groups in total. The Bertz CT molecular complexity index is 1750. The molecule has 1 fully saturated rings. The van der Waals surface area contributed by atoms with Crippen molar-refractivity contribution in [2.75, 3.05) is 26.2 Å². The number of benzene rings is 1. The van der Waals surface area contributed by atoms with Gasteiger partial charge in [0.25, 0.3) is 5.91 Å². The Hall–Kier alpha value is -5.70. The number of carbonyl (C=O) groups is 6. The topological polar surface area (TPSA) is 323 Å². The van der Waals surface area contributed by atoms with Crippen LogP contribution in [0.5, 0.6) is 5.75 Å². The van der Waals surface area contributed by atoms with Crippen LogP contribution in [0.15, 0.2) is 29.3 Å². The largest absolute Gasteiger partial charge is 0.714 e. The molecular weight excluding hydrogens is 770 g/mol. The molecule has 0 aromatic heterocycles. The minimum absolute atomic E-state index is 0.0441. The Morgan fingerprint density at radius 2 is 1.53 bits per heavy atom. The lowest BCUT2D eigenvalue weighted by atomic mass is 9.84. The molecule has 0 bridgehead atoms. The predicted molar refractivity (Wildman–Crippen MR) is 215 cm³/mol. The lowest BCUT2D eigenvalue weighted by Gasteiger charge is -2.32. The number of aliphatic imine (C=N–C) groups is 1. The number of aliphatic carboxylic acids is 1. The van der Waals surface area contributed by atoms with E-state index in [1.807, 2.05) is 0 Å². The maximum absolute atomic E-state index is 13.9. The number of carbonyl (C=O) groups excluding carboxylic acids is 5. The third-order valence-electron chi connectivity index (χ3n) is 10.9. The first-order valence-electron chi connectivity index (χ1n) is 19.7. The molecule has 5 atom stereocenters. The number of nitrogens with one attached hydrogen (secondary N) is 4.